The summed E-state index contributed by atoms with van der Waals surface area (Å²) in [6.45, 7) is 12.4. The fourth-order valence-electron chi connectivity index (χ4n) is 3.31. The number of methoxy groups -OCH3 is 1. The first kappa shape index (κ1) is 25.5. The van der Waals surface area contributed by atoms with Crippen molar-refractivity contribution in [2.45, 2.75) is 46.1 Å². The Labute approximate surface area is 195 Å². The van der Waals surface area contributed by atoms with Gasteiger partial charge in [-0.1, -0.05) is 6.07 Å². The Bertz CT molecular complexity index is 908. The second-order valence-corrected chi connectivity index (χ2v) is 9.47. The van der Waals surface area contributed by atoms with Crippen molar-refractivity contribution < 1.29 is 14.3 Å². The third kappa shape index (κ3) is 7.44. The van der Waals surface area contributed by atoms with Gasteiger partial charge in [-0.2, -0.15) is 0 Å². The molecule has 1 aromatic rings. The van der Waals surface area contributed by atoms with Gasteiger partial charge in [-0.3, -0.25) is 4.99 Å². The molecule has 1 aromatic heterocycles. The average Bonchev–Trinajstić information content (AvgIpc) is 3.28. The Morgan fingerprint density at radius 3 is 2.69 bits per heavy atom. The third-order valence-electron chi connectivity index (χ3n) is 4.83. The van der Waals surface area contributed by atoms with Crippen LogP contribution in [0.25, 0.3) is 5.57 Å². The Morgan fingerprint density at radius 1 is 1.38 bits per heavy atom. The number of ether oxygens (including phenoxy) is 2. The van der Waals surface area contributed by atoms with Crippen molar-refractivity contribution in [3.8, 4) is 0 Å². The molecule has 0 saturated carbocycles. The fourth-order valence-corrected chi connectivity index (χ4v) is 4.05. The van der Waals surface area contributed by atoms with Gasteiger partial charge in [0.2, 0.25) is 0 Å². The minimum atomic E-state index is -0.536. The SMILES string of the molecule is C=NC(/N=C(\C=C(/C)OC)C1CCCN(C(=O)OC(C)(C)C)C1)=C(\C=NC)c1cccs1. The van der Waals surface area contributed by atoms with Gasteiger partial charge in [-0.05, 0) is 64.8 Å². The molecule has 2 rings (SSSR count). The zero-order valence-corrected chi connectivity index (χ0v) is 20.7. The number of rotatable bonds is 7. The van der Waals surface area contributed by atoms with Gasteiger partial charge in [-0.15, -0.1) is 11.3 Å². The second-order valence-electron chi connectivity index (χ2n) is 8.52. The fraction of sp³-hybridized carbons (Fsp3) is 0.500. The summed E-state index contributed by atoms with van der Waals surface area (Å²) < 4.78 is 11.0. The van der Waals surface area contributed by atoms with Crippen LogP contribution in [-0.4, -0.2) is 62.5 Å². The predicted molar refractivity (Wildman–Crippen MR) is 134 cm³/mol. The van der Waals surface area contributed by atoms with Crippen molar-refractivity contribution in [2.24, 2.45) is 20.9 Å². The molecule has 1 unspecified atom stereocenters. The van der Waals surface area contributed by atoms with Crippen LogP contribution >= 0.6 is 11.3 Å². The zero-order chi connectivity index (χ0) is 23.7. The van der Waals surface area contributed by atoms with Gasteiger partial charge in [0.1, 0.15) is 5.60 Å². The van der Waals surface area contributed by atoms with Crippen molar-refractivity contribution in [2.75, 3.05) is 27.2 Å². The minimum Gasteiger partial charge on any atom is -0.501 e. The topological polar surface area (TPSA) is 75.9 Å². The molecule has 1 aliphatic heterocycles. The van der Waals surface area contributed by atoms with E-state index in [4.69, 9.17) is 14.5 Å². The number of amides is 1. The number of piperidine rings is 1. The van der Waals surface area contributed by atoms with E-state index in [1.165, 1.54) is 0 Å². The van der Waals surface area contributed by atoms with Crippen LogP contribution in [0.1, 0.15) is 45.4 Å². The summed E-state index contributed by atoms with van der Waals surface area (Å²) in [5, 5.41) is 2.00. The number of carbonyl (C=O) groups is 1. The van der Waals surface area contributed by atoms with E-state index in [2.05, 4.69) is 16.7 Å². The van der Waals surface area contributed by atoms with E-state index < -0.39 is 5.60 Å². The highest BCUT2D eigenvalue weighted by Gasteiger charge is 2.30. The summed E-state index contributed by atoms with van der Waals surface area (Å²) in [6, 6.07) is 3.98. The van der Waals surface area contributed by atoms with Crippen LogP contribution in [0.3, 0.4) is 0 Å². The zero-order valence-electron chi connectivity index (χ0n) is 19.9. The van der Waals surface area contributed by atoms with Crippen molar-refractivity contribution in [3.05, 3.63) is 40.0 Å². The molecule has 1 amide bonds. The van der Waals surface area contributed by atoms with E-state index in [1.54, 1.807) is 36.6 Å². The number of thiophene rings is 1. The molecular weight excluding hydrogens is 424 g/mol. The van der Waals surface area contributed by atoms with Crippen molar-refractivity contribution in [3.63, 3.8) is 0 Å². The summed E-state index contributed by atoms with van der Waals surface area (Å²) in [4.78, 5) is 28.7. The van der Waals surface area contributed by atoms with E-state index >= 15 is 0 Å². The molecule has 1 aliphatic rings. The molecule has 0 bridgehead atoms. The average molecular weight is 459 g/mol. The first-order chi connectivity index (χ1) is 15.2. The lowest BCUT2D eigenvalue weighted by molar-refractivity contribution is 0.0194. The molecule has 0 N–H and O–H groups in total. The number of hydrogen-bond acceptors (Lipinski definition) is 7. The van der Waals surface area contributed by atoms with Crippen molar-refractivity contribution in [1.82, 2.24) is 4.90 Å². The van der Waals surface area contributed by atoms with Gasteiger partial charge in [0.05, 0.1) is 24.2 Å². The van der Waals surface area contributed by atoms with Crippen LogP contribution in [0.15, 0.2) is 50.1 Å². The molecule has 0 aromatic carbocycles. The summed E-state index contributed by atoms with van der Waals surface area (Å²) in [7, 11) is 3.34. The molecule has 174 valence electrons. The highest BCUT2D eigenvalue weighted by Crippen LogP contribution is 2.27. The number of likely N-dealkylation sites (tertiary alicyclic amines) is 1. The molecule has 1 fully saturated rings. The molecule has 1 atom stereocenters. The molecule has 0 aliphatic carbocycles. The van der Waals surface area contributed by atoms with Gasteiger partial charge < -0.3 is 14.4 Å². The highest BCUT2D eigenvalue weighted by molar-refractivity contribution is 7.11. The summed E-state index contributed by atoms with van der Waals surface area (Å²) in [5.41, 5.74) is 1.06. The molecule has 1 saturated heterocycles. The van der Waals surface area contributed by atoms with Crippen LogP contribution < -0.4 is 0 Å². The lowest BCUT2D eigenvalue weighted by Crippen LogP contribution is -2.44. The first-order valence-electron chi connectivity index (χ1n) is 10.6. The van der Waals surface area contributed by atoms with Crippen LogP contribution in [0.2, 0.25) is 0 Å². The van der Waals surface area contributed by atoms with Gasteiger partial charge >= 0.3 is 6.09 Å². The van der Waals surface area contributed by atoms with E-state index in [-0.39, 0.29) is 12.0 Å². The third-order valence-corrected chi connectivity index (χ3v) is 5.74. The van der Waals surface area contributed by atoms with E-state index in [9.17, 15) is 4.79 Å². The largest absolute Gasteiger partial charge is 0.501 e. The maximum atomic E-state index is 12.7. The van der Waals surface area contributed by atoms with Crippen LogP contribution in [0, 0.1) is 5.92 Å². The van der Waals surface area contributed by atoms with Gasteiger partial charge in [0.25, 0.3) is 0 Å². The maximum absolute atomic E-state index is 12.7. The number of allylic oxidation sites excluding steroid dienone is 3. The molecule has 0 spiro atoms. The lowest BCUT2D eigenvalue weighted by Gasteiger charge is -2.34. The van der Waals surface area contributed by atoms with Gasteiger partial charge in [-0.25, -0.2) is 14.8 Å². The molecular formula is C24H34N4O3S. The Morgan fingerprint density at radius 2 is 2.12 bits per heavy atom. The maximum Gasteiger partial charge on any atom is 0.410 e. The Kier molecular flexibility index (Phi) is 9.38. The molecule has 8 heteroatoms. The van der Waals surface area contributed by atoms with Crippen LogP contribution in [0.4, 0.5) is 4.79 Å². The van der Waals surface area contributed by atoms with Crippen molar-refractivity contribution in [1.29, 1.82) is 0 Å². The van der Waals surface area contributed by atoms with Gasteiger partial charge in [0, 0.05) is 37.1 Å². The van der Waals surface area contributed by atoms with Gasteiger partial charge in [0.15, 0.2) is 5.82 Å². The first-order valence-corrected chi connectivity index (χ1v) is 11.5. The van der Waals surface area contributed by atoms with Crippen molar-refractivity contribution >= 4 is 41.6 Å². The molecule has 32 heavy (non-hydrogen) atoms. The number of hydrogen-bond donors (Lipinski definition) is 0. The second kappa shape index (κ2) is 11.8. The molecule has 2 heterocycles. The smallest absolute Gasteiger partial charge is 0.410 e. The monoisotopic (exact) mass is 458 g/mol. The van der Waals surface area contributed by atoms with Crippen LogP contribution in [-0.2, 0) is 9.47 Å². The Balaban J connectivity index is 2.46. The molecule has 0 radical (unpaired) electrons. The van der Waals surface area contributed by atoms with E-state index in [0.717, 1.165) is 34.8 Å². The quantitative estimate of drug-likeness (QED) is 0.402. The number of nitrogens with zero attached hydrogens (tertiary/aromatic N) is 4. The highest BCUT2D eigenvalue weighted by atomic mass is 32.1. The normalized spacial score (nSPS) is 19.1. The summed E-state index contributed by atoms with van der Waals surface area (Å²) in [6.07, 6.45) is 5.11. The lowest BCUT2D eigenvalue weighted by atomic mass is 9.92. The minimum absolute atomic E-state index is 0.0151. The summed E-state index contributed by atoms with van der Waals surface area (Å²) in [5.74, 6) is 1.23. The van der Waals surface area contributed by atoms with Crippen LogP contribution in [0.5, 0.6) is 0 Å². The number of aliphatic imine (C=N–C) groups is 3. The number of carbonyl (C=O) groups excluding carboxylic acids is 1. The standard InChI is InChI=1S/C24H34N4O3S/c1-17(30-7)14-20(18-10-8-12-28(16-18)23(29)31-24(2,3)4)27-22(26-6)19(15-25-5)21-11-9-13-32-21/h9,11,13-15,18H,6,8,10,12,16H2,1-5,7H3/b17-14+,22-19-,25-15?,27-20+. The molecule has 7 nitrogen and oxygen atoms in total. The van der Waals surface area contributed by atoms with E-state index in [1.807, 2.05) is 51.3 Å². The van der Waals surface area contributed by atoms with E-state index in [0.29, 0.717) is 18.9 Å². The predicted octanol–water partition coefficient (Wildman–Crippen LogP) is 5.46. The summed E-state index contributed by atoms with van der Waals surface area (Å²) >= 11 is 1.59. The Hall–Kier alpha value is -2.74.